The maximum atomic E-state index is 11.7. The predicted octanol–water partition coefficient (Wildman–Crippen LogP) is 3.06. The Labute approximate surface area is 114 Å². The highest BCUT2D eigenvalue weighted by Gasteiger charge is 2.17. The zero-order valence-corrected chi connectivity index (χ0v) is 11.9. The summed E-state index contributed by atoms with van der Waals surface area (Å²) in [7, 11) is 0. The molecule has 0 heterocycles. The van der Waals surface area contributed by atoms with Crippen LogP contribution in [0.3, 0.4) is 0 Å². The van der Waals surface area contributed by atoms with Crippen LogP contribution in [0, 0.1) is 6.92 Å². The monoisotopic (exact) mass is 263 g/mol. The van der Waals surface area contributed by atoms with E-state index in [-0.39, 0.29) is 24.7 Å². The first-order valence-electron chi connectivity index (χ1n) is 6.35. The van der Waals surface area contributed by atoms with E-state index in [1.54, 1.807) is 20.8 Å². The molecular formula is C15H21NO3. The highest BCUT2D eigenvalue weighted by atomic mass is 16.6. The molecule has 1 rings (SSSR count). The topological polar surface area (TPSA) is 55.4 Å². The van der Waals surface area contributed by atoms with Crippen LogP contribution in [-0.2, 0) is 14.3 Å². The Bertz CT molecular complexity index is 461. The molecule has 104 valence electrons. The van der Waals surface area contributed by atoms with Gasteiger partial charge in [-0.05, 0) is 39.3 Å². The number of anilines is 1. The lowest BCUT2D eigenvalue weighted by atomic mass is 10.2. The first kappa shape index (κ1) is 15.2. The second-order valence-electron chi connectivity index (χ2n) is 5.45. The van der Waals surface area contributed by atoms with Crippen LogP contribution in [0.2, 0.25) is 0 Å². The predicted molar refractivity (Wildman–Crippen MR) is 74.9 cm³/mol. The minimum absolute atomic E-state index is 0.0922. The quantitative estimate of drug-likeness (QED) is 0.849. The highest BCUT2D eigenvalue weighted by Crippen LogP contribution is 2.14. The first-order chi connectivity index (χ1) is 8.78. The van der Waals surface area contributed by atoms with Crippen molar-refractivity contribution in [3.05, 3.63) is 29.8 Å². The van der Waals surface area contributed by atoms with Gasteiger partial charge in [-0.2, -0.15) is 0 Å². The van der Waals surface area contributed by atoms with E-state index < -0.39 is 5.60 Å². The number of amides is 1. The lowest BCUT2D eigenvalue weighted by Crippen LogP contribution is -2.24. The molecule has 0 bridgehead atoms. The average Bonchev–Trinajstić information content (AvgIpc) is 2.27. The number of esters is 1. The summed E-state index contributed by atoms with van der Waals surface area (Å²) in [6.45, 7) is 7.33. The summed E-state index contributed by atoms with van der Waals surface area (Å²) >= 11 is 0. The van der Waals surface area contributed by atoms with Gasteiger partial charge in [-0.1, -0.05) is 18.2 Å². The highest BCUT2D eigenvalue weighted by molar-refractivity contribution is 5.93. The Morgan fingerprint density at radius 2 is 1.79 bits per heavy atom. The van der Waals surface area contributed by atoms with Crippen molar-refractivity contribution < 1.29 is 14.3 Å². The largest absolute Gasteiger partial charge is 0.460 e. The number of hydrogen-bond donors (Lipinski definition) is 1. The van der Waals surface area contributed by atoms with Crippen LogP contribution in [-0.4, -0.2) is 17.5 Å². The van der Waals surface area contributed by atoms with Crippen molar-refractivity contribution in [2.45, 2.75) is 46.1 Å². The van der Waals surface area contributed by atoms with Gasteiger partial charge in [0.15, 0.2) is 0 Å². The molecule has 0 saturated heterocycles. The molecule has 19 heavy (non-hydrogen) atoms. The van der Waals surface area contributed by atoms with Crippen LogP contribution >= 0.6 is 0 Å². The van der Waals surface area contributed by atoms with Gasteiger partial charge in [0.05, 0.1) is 6.42 Å². The number of nitrogens with one attached hydrogen (secondary N) is 1. The number of carbonyl (C=O) groups excluding carboxylic acids is 2. The summed E-state index contributed by atoms with van der Waals surface area (Å²) in [4.78, 5) is 23.2. The standard InChI is InChI=1S/C15H21NO3/c1-11-7-5-6-8-12(11)16-13(17)9-10-14(18)19-15(2,3)4/h5-8H,9-10H2,1-4H3,(H,16,17). The van der Waals surface area contributed by atoms with Crippen LogP contribution in [0.25, 0.3) is 0 Å². The number of rotatable bonds is 4. The van der Waals surface area contributed by atoms with Crippen molar-refractivity contribution in [2.24, 2.45) is 0 Å². The molecule has 1 aromatic carbocycles. The van der Waals surface area contributed by atoms with Gasteiger partial charge in [0.25, 0.3) is 0 Å². The van der Waals surface area contributed by atoms with Gasteiger partial charge >= 0.3 is 5.97 Å². The van der Waals surface area contributed by atoms with Crippen molar-refractivity contribution in [2.75, 3.05) is 5.32 Å². The fourth-order valence-corrected chi connectivity index (χ4v) is 1.53. The van der Waals surface area contributed by atoms with Crippen LogP contribution in [0.4, 0.5) is 5.69 Å². The lowest BCUT2D eigenvalue weighted by Gasteiger charge is -2.19. The maximum Gasteiger partial charge on any atom is 0.306 e. The molecule has 0 aromatic heterocycles. The molecule has 4 nitrogen and oxygen atoms in total. The van der Waals surface area contributed by atoms with E-state index in [4.69, 9.17) is 4.74 Å². The number of carbonyl (C=O) groups is 2. The summed E-state index contributed by atoms with van der Waals surface area (Å²) in [6, 6.07) is 7.52. The van der Waals surface area contributed by atoms with Crippen molar-refractivity contribution >= 4 is 17.6 Å². The molecule has 0 fully saturated rings. The molecule has 0 aliphatic carbocycles. The second-order valence-corrected chi connectivity index (χ2v) is 5.45. The van der Waals surface area contributed by atoms with Crippen molar-refractivity contribution in [1.29, 1.82) is 0 Å². The molecule has 1 aromatic rings. The number of ether oxygens (including phenoxy) is 1. The number of hydrogen-bond acceptors (Lipinski definition) is 3. The van der Waals surface area contributed by atoms with E-state index in [1.807, 2.05) is 31.2 Å². The minimum Gasteiger partial charge on any atom is -0.460 e. The molecule has 1 N–H and O–H groups in total. The molecule has 0 aliphatic heterocycles. The molecule has 0 saturated carbocycles. The van der Waals surface area contributed by atoms with E-state index in [0.29, 0.717) is 0 Å². The SMILES string of the molecule is Cc1ccccc1NC(=O)CCC(=O)OC(C)(C)C. The van der Waals surface area contributed by atoms with E-state index in [0.717, 1.165) is 11.3 Å². The van der Waals surface area contributed by atoms with Crippen LogP contribution in [0.5, 0.6) is 0 Å². The molecule has 0 atom stereocenters. The third-order valence-electron chi connectivity index (χ3n) is 2.40. The minimum atomic E-state index is -0.510. The van der Waals surface area contributed by atoms with E-state index in [1.165, 1.54) is 0 Å². The molecule has 0 spiro atoms. The van der Waals surface area contributed by atoms with Gasteiger partial charge in [-0.15, -0.1) is 0 Å². The Kier molecular flexibility index (Phi) is 5.10. The third kappa shape index (κ3) is 6.04. The summed E-state index contributed by atoms with van der Waals surface area (Å²) < 4.78 is 5.14. The van der Waals surface area contributed by atoms with E-state index >= 15 is 0 Å². The second kappa shape index (κ2) is 6.36. The van der Waals surface area contributed by atoms with Gasteiger partial charge in [0.2, 0.25) is 5.91 Å². The molecule has 0 radical (unpaired) electrons. The summed E-state index contributed by atoms with van der Waals surface area (Å²) in [5, 5.41) is 2.78. The summed E-state index contributed by atoms with van der Waals surface area (Å²) in [5.74, 6) is -0.535. The molecular weight excluding hydrogens is 242 g/mol. The first-order valence-corrected chi connectivity index (χ1v) is 6.35. The van der Waals surface area contributed by atoms with E-state index in [2.05, 4.69) is 5.32 Å². The Balaban J connectivity index is 2.41. The van der Waals surface area contributed by atoms with Crippen LogP contribution in [0.1, 0.15) is 39.2 Å². The van der Waals surface area contributed by atoms with Gasteiger partial charge in [0, 0.05) is 12.1 Å². The van der Waals surface area contributed by atoms with E-state index in [9.17, 15) is 9.59 Å². The normalized spacial score (nSPS) is 10.9. The van der Waals surface area contributed by atoms with Crippen molar-refractivity contribution in [3.63, 3.8) is 0 Å². The van der Waals surface area contributed by atoms with Gasteiger partial charge in [0.1, 0.15) is 5.60 Å². The smallest absolute Gasteiger partial charge is 0.306 e. The van der Waals surface area contributed by atoms with Gasteiger partial charge in [-0.3, -0.25) is 9.59 Å². The summed E-state index contributed by atoms with van der Waals surface area (Å²) in [5.41, 5.74) is 1.26. The molecule has 0 aliphatic rings. The lowest BCUT2D eigenvalue weighted by molar-refractivity contribution is -0.155. The van der Waals surface area contributed by atoms with Crippen molar-refractivity contribution in [3.8, 4) is 0 Å². The van der Waals surface area contributed by atoms with Crippen molar-refractivity contribution in [1.82, 2.24) is 0 Å². The Morgan fingerprint density at radius 3 is 2.37 bits per heavy atom. The third-order valence-corrected chi connectivity index (χ3v) is 2.40. The zero-order valence-electron chi connectivity index (χ0n) is 11.9. The Hall–Kier alpha value is -1.84. The number of aryl methyl sites for hydroxylation is 1. The molecule has 1 amide bonds. The fraction of sp³-hybridized carbons (Fsp3) is 0.467. The van der Waals surface area contributed by atoms with Gasteiger partial charge < -0.3 is 10.1 Å². The molecule has 4 heteroatoms. The molecule has 0 unspecified atom stereocenters. The number of para-hydroxylation sites is 1. The van der Waals surface area contributed by atoms with Gasteiger partial charge in [-0.25, -0.2) is 0 Å². The van der Waals surface area contributed by atoms with Crippen LogP contribution in [0.15, 0.2) is 24.3 Å². The zero-order chi connectivity index (χ0) is 14.5. The number of benzene rings is 1. The maximum absolute atomic E-state index is 11.7. The van der Waals surface area contributed by atoms with Crippen LogP contribution < -0.4 is 5.32 Å². The Morgan fingerprint density at radius 1 is 1.16 bits per heavy atom. The average molecular weight is 263 g/mol. The fourth-order valence-electron chi connectivity index (χ4n) is 1.53. The summed E-state index contributed by atoms with van der Waals surface area (Å²) in [6.07, 6.45) is 0.220.